The third kappa shape index (κ3) is 3.24. The summed E-state index contributed by atoms with van der Waals surface area (Å²) < 4.78 is 19.9. The molecule has 0 aliphatic heterocycles. The van der Waals surface area contributed by atoms with E-state index >= 15 is 0 Å². The van der Waals surface area contributed by atoms with Gasteiger partial charge < -0.3 is 4.74 Å². The molecular formula is C22H21FO. The Labute approximate surface area is 142 Å². The second-order valence-corrected chi connectivity index (χ2v) is 5.87. The van der Waals surface area contributed by atoms with Crippen molar-refractivity contribution >= 4 is 0 Å². The molecule has 2 heteroatoms. The molecule has 3 aromatic rings. The highest BCUT2D eigenvalue weighted by molar-refractivity contribution is 5.47. The summed E-state index contributed by atoms with van der Waals surface area (Å²) in [5, 5.41) is 0. The molecular weight excluding hydrogens is 299 g/mol. The molecule has 3 aromatic carbocycles. The SMILES string of the molecule is CC(F)COC(c1ccccc1)(c1ccccc1)c1ccccc1. The van der Waals surface area contributed by atoms with Gasteiger partial charge in [0.05, 0.1) is 6.61 Å². The van der Waals surface area contributed by atoms with Gasteiger partial charge in [0.1, 0.15) is 11.8 Å². The van der Waals surface area contributed by atoms with Gasteiger partial charge in [0.2, 0.25) is 0 Å². The zero-order valence-corrected chi connectivity index (χ0v) is 13.7. The normalized spacial score (nSPS) is 12.8. The van der Waals surface area contributed by atoms with Gasteiger partial charge in [0.25, 0.3) is 0 Å². The van der Waals surface area contributed by atoms with Crippen LogP contribution in [-0.2, 0) is 10.3 Å². The second kappa shape index (κ2) is 7.41. The summed E-state index contributed by atoms with van der Waals surface area (Å²) in [6.45, 7) is 1.55. The van der Waals surface area contributed by atoms with Gasteiger partial charge in [-0.05, 0) is 23.6 Å². The molecule has 0 aliphatic carbocycles. The van der Waals surface area contributed by atoms with E-state index in [0.29, 0.717) is 0 Å². The molecule has 0 aromatic heterocycles. The summed E-state index contributed by atoms with van der Waals surface area (Å²) in [6.07, 6.45) is -1.04. The monoisotopic (exact) mass is 320 g/mol. The zero-order valence-electron chi connectivity index (χ0n) is 13.7. The van der Waals surface area contributed by atoms with Crippen LogP contribution in [0, 0.1) is 0 Å². The molecule has 1 atom stereocenters. The highest BCUT2D eigenvalue weighted by atomic mass is 19.1. The molecule has 3 rings (SSSR count). The third-order valence-electron chi connectivity index (χ3n) is 4.07. The first kappa shape index (κ1) is 16.4. The van der Waals surface area contributed by atoms with Crippen molar-refractivity contribution in [2.45, 2.75) is 18.7 Å². The maximum absolute atomic E-state index is 13.7. The van der Waals surface area contributed by atoms with Crippen molar-refractivity contribution in [2.75, 3.05) is 6.61 Å². The van der Waals surface area contributed by atoms with E-state index in [4.69, 9.17) is 4.74 Å². The minimum absolute atomic E-state index is 0.0265. The van der Waals surface area contributed by atoms with E-state index in [9.17, 15) is 4.39 Å². The minimum atomic E-state index is -1.04. The first-order valence-corrected chi connectivity index (χ1v) is 8.18. The summed E-state index contributed by atoms with van der Waals surface area (Å²) in [5.41, 5.74) is 2.14. The lowest BCUT2D eigenvalue weighted by atomic mass is 9.80. The van der Waals surface area contributed by atoms with E-state index < -0.39 is 11.8 Å². The maximum atomic E-state index is 13.7. The molecule has 1 nitrogen and oxygen atoms in total. The number of benzene rings is 3. The first-order chi connectivity index (χ1) is 11.7. The molecule has 24 heavy (non-hydrogen) atoms. The van der Waals surface area contributed by atoms with Crippen LogP contribution < -0.4 is 0 Å². The Morgan fingerprint density at radius 3 is 1.33 bits per heavy atom. The van der Waals surface area contributed by atoms with Gasteiger partial charge in [-0.2, -0.15) is 0 Å². The van der Waals surface area contributed by atoms with E-state index in [0.717, 1.165) is 16.7 Å². The Morgan fingerprint density at radius 1 is 0.708 bits per heavy atom. The molecule has 0 fully saturated rings. The molecule has 0 aliphatic rings. The van der Waals surface area contributed by atoms with Crippen molar-refractivity contribution in [1.82, 2.24) is 0 Å². The molecule has 0 N–H and O–H groups in total. The Hall–Kier alpha value is -2.45. The molecule has 122 valence electrons. The van der Waals surface area contributed by atoms with Crippen LogP contribution in [0.2, 0.25) is 0 Å². The number of ether oxygens (including phenoxy) is 1. The highest BCUT2D eigenvalue weighted by Crippen LogP contribution is 2.40. The lowest BCUT2D eigenvalue weighted by Gasteiger charge is -2.36. The first-order valence-electron chi connectivity index (χ1n) is 8.18. The molecule has 0 bridgehead atoms. The van der Waals surface area contributed by atoms with Crippen LogP contribution in [0.1, 0.15) is 23.6 Å². The van der Waals surface area contributed by atoms with Gasteiger partial charge in [-0.15, -0.1) is 0 Å². The van der Waals surface area contributed by atoms with Crippen LogP contribution in [0.25, 0.3) is 0 Å². The van der Waals surface area contributed by atoms with Crippen LogP contribution in [0.5, 0.6) is 0 Å². The number of rotatable bonds is 6. The van der Waals surface area contributed by atoms with Crippen molar-refractivity contribution in [3.05, 3.63) is 108 Å². The average molecular weight is 320 g/mol. The number of hydrogen-bond donors (Lipinski definition) is 0. The smallest absolute Gasteiger partial charge is 0.143 e. The average Bonchev–Trinajstić information content (AvgIpc) is 2.65. The van der Waals surface area contributed by atoms with Crippen molar-refractivity contribution in [3.8, 4) is 0 Å². The van der Waals surface area contributed by atoms with Crippen LogP contribution in [0.3, 0.4) is 0 Å². The van der Waals surface area contributed by atoms with Crippen LogP contribution in [0.15, 0.2) is 91.0 Å². The lowest BCUT2D eigenvalue weighted by molar-refractivity contribution is -0.0123. The largest absolute Gasteiger partial charge is 0.358 e. The molecule has 0 spiro atoms. The minimum Gasteiger partial charge on any atom is -0.358 e. The van der Waals surface area contributed by atoms with Gasteiger partial charge in [-0.25, -0.2) is 4.39 Å². The van der Waals surface area contributed by atoms with E-state index in [1.807, 2.05) is 91.0 Å². The van der Waals surface area contributed by atoms with Crippen molar-refractivity contribution in [1.29, 1.82) is 0 Å². The second-order valence-electron chi connectivity index (χ2n) is 5.87. The van der Waals surface area contributed by atoms with Crippen LogP contribution in [-0.4, -0.2) is 12.8 Å². The van der Waals surface area contributed by atoms with Crippen LogP contribution in [0.4, 0.5) is 4.39 Å². The Bertz CT molecular complexity index is 642. The van der Waals surface area contributed by atoms with E-state index in [-0.39, 0.29) is 6.61 Å². The quantitative estimate of drug-likeness (QED) is 0.556. The Kier molecular flexibility index (Phi) is 5.07. The highest BCUT2D eigenvalue weighted by Gasteiger charge is 2.37. The summed E-state index contributed by atoms with van der Waals surface area (Å²) >= 11 is 0. The third-order valence-corrected chi connectivity index (χ3v) is 4.07. The summed E-state index contributed by atoms with van der Waals surface area (Å²) in [5.74, 6) is 0. The van der Waals surface area contributed by atoms with Crippen molar-refractivity contribution in [2.24, 2.45) is 0 Å². The number of alkyl halides is 1. The Balaban J connectivity index is 2.24. The topological polar surface area (TPSA) is 9.23 Å². The van der Waals surface area contributed by atoms with E-state index in [2.05, 4.69) is 0 Å². The fraction of sp³-hybridized carbons (Fsp3) is 0.182. The molecule has 1 unspecified atom stereocenters. The predicted molar refractivity (Wildman–Crippen MR) is 95.7 cm³/mol. The summed E-state index contributed by atoms with van der Waals surface area (Å²) in [6, 6.07) is 30.0. The van der Waals surface area contributed by atoms with Gasteiger partial charge in [0.15, 0.2) is 0 Å². The van der Waals surface area contributed by atoms with Crippen molar-refractivity contribution in [3.63, 3.8) is 0 Å². The van der Waals surface area contributed by atoms with E-state index in [1.54, 1.807) is 0 Å². The number of hydrogen-bond acceptors (Lipinski definition) is 1. The fourth-order valence-electron chi connectivity index (χ4n) is 3.01. The fourth-order valence-corrected chi connectivity index (χ4v) is 3.01. The van der Waals surface area contributed by atoms with Gasteiger partial charge in [-0.3, -0.25) is 0 Å². The predicted octanol–water partition coefficient (Wildman–Crippen LogP) is 5.35. The van der Waals surface area contributed by atoms with Gasteiger partial charge in [-0.1, -0.05) is 91.0 Å². The van der Waals surface area contributed by atoms with E-state index in [1.165, 1.54) is 6.92 Å². The lowest BCUT2D eigenvalue weighted by Crippen LogP contribution is -2.34. The molecule has 0 heterocycles. The molecule has 0 saturated carbocycles. The zero-order chi connectivity index (χ0) is 16.8. The van der Waals surface area contributed by atoms with Gasteiger partial charge in [0, 0.05) is 0 Å². The van der Waals surface area contributed by atoms with Crippen molar-refractivity contribution < 1.29 is 9.13 Å². The Morgan fingerprint density at radius 2 is 1.04 bits per heavy atom. The maximum Gasteiger partial charge on any atom is 0.143 e. The molecule has 0 amide bonds. The van der Waals surface area contributed by atoms with Crippen LogP contribution >= 0.6 is 0 Å². The summed E-state index contributed by atoms with van der Waals surface area (Å²) in [4.78, 5) is 0. The summed E-state index contributed by atoms with van der Waals surface area (Å²) in [7, 11) is 0. The molecule has 0 radical (unpaired) electrons. The number of halogens is 1. The molecule has 0 saturated heterocycles. The van der Waals surface area contributed by atoms with Gasteiger partial charge >= 0.3 is 0 Å². The standard InChI is InChI=1S/C22H21FO/c1-18(23)17-24-22(19-11-5-2-6-12-19,20-13-7-3-8-14-20)21-15-9-4-10-16-21/h2-16,18H,17H2,1H3.